The molecule has 1 aromatic rings. The Labute approximate surface area is 113 Å². The highest BCUT2D eigenvalue weighted by atomic mass is 19.1. The first kappa shape index (κ1) is 15.9. The van der Waals surface area contributed by atoms with Crippen molar-refractivity contribution in [2.24, 2.45) is 5.11 Å². The summed E-state index contributed by atoms with van der Waals surface area (Å²) in [5.41, 5.74) is 8.35. The fourth-order valence-electron chi connectivity index (χ4n) is 1.76. The molecule has 0 radical (unpaired) electrons. The number of carboxylic acids is 1. The second kappa shape index (κ2) is 7.44. The van der Waals surface area contributed by atoms with Crippen molar-refractivity contribution in [1.29, 1.82) is 0 Å². The van der Waals surface area contributed by atoms with Crippen LogP contribution in [0.1, 0.15) is 23.7 Å². The highest BCUT2D eigenvalue weighted by Gasteiger charge is 2.22. The first-order chi connectivity index (χ1) is 9.45. The van der Waals surface area contributed by atoms with Gasteiger partial charge in [-0.2, -0.15) is 0 Å². The first-order valence-electron chi connectivity index (χ1n) is 5.82. The highest BCUT2D eigenvalue weighted by molar-refractivity contribution is 5.70. The van der Waals surface area contributed by atoms with Crippen molar-refractivity contribution >= 4 is 5.97 Å². The molecule has 0 aromatic heterocycles. The van der Waals surface area contributed by atoms with Crippen molar-refractivity contribution in [3.05, 3.63) is 45.6 Å². The predicted molar refractivity (Wildman–Crippen MR) is 67.3 cm³/mol. The van der Waals surface area contributed by atoms with Gasteiger partial charge in [-0.15, -0.1) is 0 Å². The van der Waals surface area contributed by atoms with Crippen molar-refractivity contribution in [3.8, 4) is 0 Å². The van der Waals surface area contributed by atoms with Crippen molar-refractivity contribution < 1.29 is 24.5 Å². The number of hydrogen-bond acceptors (Lipinski definition) is 4. The van der Waals surface area contributed by atoms with Crippen molar-refractivity contribution in [1.82, 2.24) is 0 Å². The molecular formula is C12H14FN3O4. The fraction of sp³-hybridized carbons (Fsp3) is 0.417. The van der Waals surface area contributed by atoms with Gasteiger partial charge in [-0.1, -0.05) is 11.2 Å². The molecule has 7 nitrogen and oxygen atoms in total. The van der Waals surface area contributed by atoms with Gasteiger partial charge in [0.15, 0.2) is 0 Å². The molecule has 2 unspecified atom stereocenters. The van der Waals surface area contributed by atoms with Gasteiger partial charge in [0.05, 0.1) is 12.5 Å². The number of benzene rings is 1. The zero-order valence-corrected chi connectivity index (χ0v) is 10.5. The average molecular weight is 283 g/mol. The summed E-state index contributed by atoms with van der Waals surface area (Å²) in [5.74, 6) is -1.77. The molecule has 0 amide bonds. The quantitative estimate of drug-likeness (QED) is 0.398. The summed E-state index contributed by atoms with van der Waals surface area (Å²) in [6.45, 7) is -0.0295. The minimum absolute atomic E-state index is 0.0147. The number of aliphatic carboxylic acids is 1. The predicted octanol–water partition coefficient (Wildman–Crippen LogP) is 1.55. The van der Waals surface area contributed by atoms with Crippen LogP contribution in [0.25, 0.3) is 10.4 Å². The lowest BCUT2D eigenvalue weighted by Gasteiger charge is -2.20. The number of halogens is 1. The summed E-state index contributed by atoms with van der Waals surface area (Å²) in [4.78, 5) is 13.2. The number of nitrogens with zero attached hydrogens (tertiary/aromatic N) is 3. The van der Waals surface area contributed by atoms with E-state index in [1.807, 2.05) is 0 Å². The molecule has 0 aliphatic rings. The molecule has 0 spiro atoms. The van der Waals surface area contributed by atoms with Crippen LogP contribution in [0.4, 0.5) is 4.39 Å². The number of carboxylic acid groups (broad SMARTS) is 1. The molecule has 0 aliphatic carbocycles. The SMILES string of the molecule is [N-]=[N+]=NCCC(O)C(O)c1cc(F)ccc1CC(=O)O. The van der Waals surface area contributed by atoms with Crippen LogP contribution < -0.4 is 0 Å². The molecule has 20 heavy (non-hydrogen) atoms. The third-order valence-corrected chi connectivity index (χ3v) is 2.72. The Kier molecular flexibility index (Phi) is 5.92. The minimum atomic E-state index is -1.45. The number of hydrogen-bond donors (Lipinski definition) is 3. The van der Waals surface area contributed by atoms with Crippen LogP contribution >= 0.6 is 0 Å². The maximum absolute atomic E-state index is 13.2. The highest BCUT2D eigenvalue weighted by Crippen LogP contribution is 2.24. The van der Waals surface area contributed by atoms with E-state index >= 15 is 0 Å². The maximum Gasteiger partial charge on any atom is 0.307 e. The van der Waals surface area contributed by atoms with Gasteiger partial charge in [0.25, 0.3) is 0 Å². The van der Waals surface area contributed by atoms with Crippen LogP contribution in [-0.4, -0.2) is 33.9 Å². The number of aliphatic hydroxyl groups is 2. The lowest BCUT2D eigenvalue weighted by molar-refractivity contribution is -0.136. The zero-order valence-electron chi connectivity index (χ0n) is 10.5. The smallest absolute Gasteiger partial charge is 0.307 e. The number of carbonyl (C=O) groups is 1. The van der Waals surface area contributed by atoms with E-state index in [0.29, 0.717) is 0 Å². The summed E-state index contributed by atoms with van der Waals surface area (Å²) in [6.07, 6.45) is -3.15. The Morgan fingerprint density at radius 2 is 2.15 bits per heavy atom. The first-order valence-corrected chi connectivity index (χ1v) is 5.82. The number of azide groups is 1. The Bertz CT molecular complexity index is 531. The fourth-order valence-corrected chi connectivity index (χ4v) is 1.76. The van der Waals surface area contributed by atoms with Gasteiger partial charge in [-0.05, 0) is 35.2 Å². The second-order valence-electron chi connectivity index (χ2n) is 4.17. The van der Waals surface area contributed by atoms with Gasteiger partial charge in [0.1, 0.15) is 11.9 Å². The second-order valence-corrected chi connectivity index (χ2v) is 4.17. The third kappa shape index (κ3) is 4.51. The van der Waals surface area contributed by atoms with E-state index < -0.39 is 30.4 Å². The molecule has 1 rings (SSSR count). The molecular weight excluding hydrogens is 269 g/mol. The van der Waals surface area contributed by atoms with E-state index in [1.54, 1.807) is 0 Å². The van der Waals surface area contributed by atoms with Crippen LogP contribution in [0.3, 0.4) is 0 Å². The van der Waals surface area contributed by atoms with E-state index in [-0.39, 0.29) is 24.1 Å². The number of aliphatic hydroxyl groups excluding tert-OH is 2. The van der Waals surface area contributed by atoms with Crippen LogP contribution in [0.15, 0.2) is 23.3 Å². The van der Waals surface area contributed by atoms with Gasteiger partial charge in [-0.3, -0.25) is 4.79 Å². The molecule has 2 atom stereocenters. The van der Waals surface area contributed by atoms with E-state index in [1.165, 1.54) is 6.07 Å². The largest absolute Gasteiger partial charge is 0.481 e. The van der Waals surface area contributed by atoms with Crippen LogP contribution in [-0.2, 0) is 11.2 Å². The van der Waals surface area contributed by atoms with Gasteiger partial charge in [-0.25, -0.2) is 4.39 Å². The average Bonchev–Trinajstić information content (AvgIpc) is 2.39. The van der Waals surface area contributed by atoms with Crippen molar-refractivity contribution in [2.45, 2.75) is 25.0 Å². The third-order valence-electron chi connectivity index (χ3n) is 2.72. The topological polar surface area (TPSA) is 127 Å². The van der Waals surface area contributed by atoms with E-state index in [0.717, 1.165) is 12.1 Å². The van der Waals surface area contributed by atoms with Crippen LogP contribution in [0.5, 0.6) is 0 Å². The molecule has 1 aromatic carbocycles. The monoisotopic (exact) mass is 283 g/mol. The standard InChI is InChI=1S/C12H14FN3O4/c13-8-2-1-7(5-11(18)19)9(6-8)12(20)10(17)3-4-15-16-14/h1-2,6,10,12,17,20H,3-5H2,(H,18,19). The molecule has 108 valence electrons. The van der Waals surface area contributed by atoms with Gasteiger partial charge in [0.2, 0.25) is 0 Å². The van der Waals surface area contributed by atoms with Gasteiger partial charge in [0, 0.05) is 11.5 Å². The Balaban J connectivity index is 2.94. The molecule has 0 fully saturated rings. The zero-order chi connectivity index (χ0) is 15.1. The van der Waals surface area contributed by atoms with Crippen LogP contribution in [0.2, 0.25) is 0 Å². The summed E-state index contributed by atoms with van der Waals surface area (Å²) in [5, 5.41) is 31.7. The summed E-state index contributed by atoms with van der Waals surface area (Å²) >= 11 is 0. The Hall–Kier alpha value is -2.15. The maximum atomic E-state index is 13.2. The lowest BCUT2D eigenvalue weighted by Crippen LogP contribution is -2.21. The summed E-state index contributed by atoms with van der Waals surface area (Å²) in [6, 6.07) is 3.32. The lowest BCUT2D eigenvalue weighted by atomic mass is 9.95. The molecule has 0 aliphatic heterocycles. The van der Waals surface area contributed by atoms with Gasteiger partial charge < -0.3 is 15.3 Å². The molecule has 8 heteroatoms. The van der Waals surface area contributed by atoms with Crippen molar-refractivity contribution in [2.75, 3.05) is 6.54 Å². The molecule has 0 heterocycles. The molecule has 0 saturated carbocycles. The van der Waals surface area contributed by atoms with Crippen molar-refractivity contribution in [3.63, 3.8) is 0 Å². The van der Waals surface area contributed by atoms with E-state index in [4.69, 9.17) is 10.6 Å². The molecule has 3 N–H and O–H groups in total. The normalized spacial score (nSPS) is 13.3. The van der Waals surface area contributed by atoms with E-state index in [9.17, 15) is 19.4 Å². The molecule has 0 saturated heterocycles. The summed E-state index contributed by atoms with van der Waals surface area (Å²) < 4.78 is 13.2. The van der Waals surface area contributed by atoms with E-state index in [2.05, 4.69) is 10.0 Å². The van der Waals surface area contributed by atoms with Gasteiger partial charge >= 0.3 is 5.97 Å². The van der Waals surface area contributed by atoms with Crippen LogP contribution in [0, 0.1) is 5.82 Å². The Morgan fingerprint density at radius 3 is 2.75 bits per heavy atom. The molecule has 0 bridgehead atoms. The Morgan fingerprint density at radius 1 is 1.45 bits per heavy atom. The number of rotatable bonds is 7. The minimum Gasteiger partial charge on any atom is -0.481 e. The summed E-state index contributed by atoms with van der Waals surface area (Å²) in [7, 11) is 0.